The van der Waals surface area contributed by atoms with Gasteiger partial charge in [-0.1, -0.05) is 112 Å². The summed E-state index contributed by atoms with van der Waals surface area (Å²) in [6.07, 6.45) is 0. The zero-order valence-electron chi connectivity index (χ0n) is 22.1. The second kappa shape index (κ2) is 9.72. The summed E-state index contributed by atoms with van der Waals surface area (Å²) in [5.41, 5.74) is 8.89. The average Bonchev–Trinajstić information content (AvgIpc) is 3.36. The number of benzene rings is 5. The second-order valence-corrected chi connectivity index (χ2v) is 10.7. The van der Waals surface area contributed by atoms with Gasteiger partial charge in [-0.15, -0.1) is 0 Å². The van der Waals surface area contributed by atoms with Gasteiger partial charge in [0.25, 0.3) is 0 Å². The number of rotatable bonds is 5. The lowest BCUT2D eigenvalue weighted by Gasteiger charge is -2.26. The van der Waals surface area contributed by atoms with Gasteiger partial charge in [-0.3, -0.25) is 0 Å². The first-order valence-corrected chi connectivity index (χ1v) is 13.1. The monoisotopic (exact) mass is 493 g/mol. The molecule has 1 aromatic heterocycles. The third kappa shape index (κ3) is 4.50. The van der Waals surface area contributed by atoms with Crippen molar-refractivity contribution in [1.29, 1.82) is 0 Å². The normalized spacial score (nSPS) is 11.6. The Balaban J connectivity index is 1.48. The van der Waals surface area contributed by atoms with Gasteiger partial charge in [0.15, 0.2) is 0 Å². The molecule has 0 aliphatic rings. The van der Waals surface area contributed by atoms with Crippen LogP contribution in [0.4, 0.5) is 17.1 Å². The van der Waals surface area contributed by atoms with Crippen molar-refractivity contribution in [2.24, 2.45) is 0 Å². The van der Waals surface area contributed by atoms with E-state index < -0.39 is 0 Å². The van der Waals surface area contributed by atoms with E-state index in [4.69, 9.17) is 4.42 Å². The summed E-state index contributed by atoms with van der Waals surface area (Å²) in [5.74, 6) is 0.938. The molecule has 0 atom stereocenters. The molecular formula is C36H31NO. The molecule has 1 heterocycles. The van der Waals surface area contributed by atoms with Crippen LogP contribution in [0.25, 0.3) is 33.4 Å². The molecule has 0 aliphatic carbocycles. The molecule has 0 saturated carbocycles. The van der Waals surface area contributed by atoms with E-state index in [2.05, 4.69) is 153 Å². The SMILES string of the molecule is CC(C)(C)c1c(-c2cccc(N(c3ccccc3)c3ccc(-c4ccccc4)cc3)c2)oc2ccccc12. The van der Waals surface area contributed by atoms with E-state index in [1.165, 1.54) is 22.1 Å². The largest absolute Gasteiger partial charge is 0.456 e. The van der Waals surface area contributed by atoms with Gasteiger partial charge in [-0.2, -0.15) is 0 Å². The first-order chi connectivity index (χ1) is 18.5. The number of furan rings is 1. The Kier molecular flexibility index (Phi) is 6.09. The van der Waals surface area contributed by atoms with Gasteiger partial charge in [0.2, 0.25) is 0 Å². The second-order valence-electron chi connectivity index (χ2n) is 10.7. The third-order valence-electron chi connectivity index (χ3n) is 6.96. The zero-order chi connectivity index (χ0) is 26.1. The summed E-state index contributed by atoms with van der Waals surface area (Å²) in [7, 11) is 0. The fourth-order valence-corrected chi connectivity index (χ4v) is 5.24. The molecule has 6 rings (SSSR count). The minimum Gasteiger partial charge on any atom is -0.456 e. The van der Waals surface area contributed by atoms with Crippen LogP contribution in [0.2, 0.25) is 0 Å². The fraction of sp³-hybridized carbons (Fsp3) is 0.111. The van der Waals surface area contributed by atoms with Gasteiger partial charge in [0.05, 0.1) is 0 Å². The van der Waals surface area contributed by atoms with E-state index in [0.29, 0.717) is 0 Å². The van der Waals surface area contributed by atoms with Crippen LogP contribution >= 0.6 is 0 Å². The van der Waals surface area contributed by atoms with Crippen LogP contribution < -0.4 is 4.90 Å². The smallest absolute Gasteiger partial charge is 0.139 e. The average molecular weight is 494 g/mol. The van der Waals surface area contributed by atoms with Crippen LogP contribution in [0.5, 0.6) is 0 Å². The highest BCUT2D eigenvalue weighted by atomic mass is 16.3. The van der Waals surface area contributed by atoms with Crippen LogP contribution in [0.1, 0.15) is 26.3 Å². The molecule has 186 valence electrons. The van der Waals surface area contributed by atoms with Crippen LogP contribution in [-0.4, -0.2) is 0 Å². The molecule has 0 saturated heterocycles. The van der Waals surface area contributed by atoms with Crippen molar-refractivity contribution >= 4 is 28.0 Å². The van der Waals surface area contributed by atoms with Crippen molar-refractivity contribution in [2.75, 3.05) is 4.90 Å². The topological polar surface area (TPSA) is 16.4 Å². The molecule has 0 bridgehead atoms. The molecule has 2 nitrogen and oxygen atoms in total. The maximum absolute atomic E-state index is 6.50. The predicted octanol–water partition coefficient (Wildman–Crippen LogP) is 10.5. The minimum absolute atomic E-state index is 0.0652. The number of para-hydroxylation sites is 2. The highest BCUT2D eigenvalue weighted by molar-refractivity contribution is 5.90. The summed E-state index contributed by atoms with van der Waals surface area (Å²) in [5, 5.41) is 1.18. The van der Waals surface area contributed by atoms with Crippen molar-refractivity contribution in [3.63, 3.8) is 0 Å². The Morgan fingerprint density at radius 2 is 1.05 bits per heavy atom. The van der Waals surface area contributed by atoms with E-state index in [0.717, 1.165) is 34.0 Å². The number of nitrogens with zero attached hydrogens (tertiary/aromatic N) is 1. The maximum Gasteiger partial charge on any atom is 0.139 e. The van der Waals surface area contributed by atoms with Crippen molar-refractivity contribution in [3.8, 4) is 22.5 Å². The lowest BCUT2D eigenvalue weighted by molar-refractivity contribution is 0.568. The Morgan fingerprint density at radius 1 is 0.500 bits per heavy atom. The van der Waals surface area contributed by atoms with Crippen LogP contribution in [0.15, 0.2) is 138 Å². The van der Waals surface area contributed by atoms with Gasteiger partial charge < -0.3 is 9.32 Å². The van der Waals surface area contributed by atoms with Gasteiger partial charge in [0, 0.05) is 33.6 Å². The molecule has 0 N–H and O–H groups in total. The number of hydrogen-bond acceptors (Lipinski definition) is 2. The lowest BCUT2D eigenvalue weighted by Crippen LogP contribution is -2.12. The molecule has 38 heavy (non-hydrogen) atoms. The molecule has 0 aliphatic heterocycles. The summed E-state index contributed by atoms with van der Waals surface area (Å²) < 4.78 is 6.50. The van der Waals surface area contributed by atoms with Gasteiger partial charge in [-0.05, 0) is 59.0 Å². The zero-order valence-corrected chi connectivity index (χ0v) is 22.1. The predicted molar refractivity (Wildman–Crippen MR) is 160 cm³/mol. The van der Waals surface area contributed by atoms with Crippen LogP contribution in [0.3, 0.4) is 0 Å². The van der Waals surface area contributed by atoms with E-state index in [1.807, 2.05) is 6.07 Å². The third-order valence-corrected chi connectivity index (χ3v) is 6.96. The molecular weight excluding hydrogens is 462 g/mol. The Labute approximate surface area is 224 Å². The number of hydrogen-bond donors (Lipinski definition) is 0. The van der Waals surface area contributed by atoms with Crippen LogP contribution in [0, 0.1) is 0 Å². The first-order valence-electron chi connectivity index (χ1n) is 13.1. The summed E-state index contributed by atoms with van der Waals surface area (Å²) in [6.45, 7) is 6.76. The standard InChI is InChI=1S/C36H31NO/c1-36(2,3)34-32-19-10-11-20-33(32)38-35(34)28-15-12-18-31(25-28)37(29-16-8-5-9-17-29)30-23-21-27(22-24-30)26-13-6-4-7-14-26/h4-25H,1-3H3. The molecule has 6 aromatic rings. The quantitative estimate of drug-likeness (QED) is 0.237. The molecule has 0 amide bonds. The highest BCUT2D eigenvalue weighted by Crippen LogP contribution is 2.43. The molecule has 0 spiro atoms. The molecule has 0 radical (unpaired) electrons. The highest BCUT2D eigenvalue weighted by Gasteiger charge is 2.26. The van der Waals surface area contributed by atoms with E-state index >= 15 is 0 Å². The summed E-state index contributed by atoms with van der Waals surface area (Å²) in [6, 6.07) is 46.8. The summed E-state index contributed by atoms with van der Waals surface area (Å²) in [4.78, 5) is 2.30. The minimum atomic E-state index is -0.0652. The van der Waals surface area contributed by atoms with Gasteiger partial charge in [-0.25, -0.2) is 0 Å². The Morgan fingerprint density at radius 3 is 1.76 bits per heavy atom. The van der Waals surface area contributed by atoms with Gasteiger partial charge in [0.1, 0.15) is 11.3 Å². The van der Waals surface area contributed by atoms with E-state index in [1.54, 1.807) is 0 Å². The Hall–Kier alpha value is -4.56. The van der Waals surface area contributed by atoms with Crippen LogP contribution in [-0.2, 0) is 5.41 Å². The lowest BCUT2D eigenvalue weighted by atomic mass is 9.83. The first kappa shape index (κ1) is 23.8. The van der Waals surface area contributed by atoms with Crippen molar-refractivity contribution < 1.29 is 4.42 Å². The van der Waals surface area contributed by atoms with Crippen molar-refractivity contribution in [1.82, 2.24) is 0 Å². The molecule has 2 heteroatoms. The number of anilines is 3. The maximum atomic E-state index is 6.50. The number of fused-ring (bicyclic) bond motifs is 1. The molecule has 5 aromatic carbocycles. The fourth-order valence-electron chi connectivity index (χ4n) is 5.24. The Bertz CT molecular complexity index is 1670. The van der Waals surface area contributed by atoms with E-state index in [-0.39, 0.29) is 5.41 Å². The molecule has 0 fully saturated rings. The van der Waals surface area contributed by atoms with E-state index in [9.17, 15) is 0 Å². The van der Waals surface area contributed by atoms with Crippen molar-refractivity contribution in [2.45, 2.75) is 26.2 Å². The summed E-state index contributed by atoms with van der Waals surface area (Å²) >= 11 is 0. The van der Waals surface area contributed by atoms with Crippen molar-refractivity contribution in [3.05, 3.63) is 139 Å². The molecule has 0 unspecified atom stereocenters. The van der Waals surface area contributed by atoms with Gasteiger partial charge >= 0.3 is 0 Å².